The minimum Gasteiger partial charge on any atom is -0.444 e. The number of hydrogen-bond donors (Lipinski definition) is 2. The fraction of sp³-hybridized carbons (Fsp3) is 0.312. The first-order valence-corrected chi connectivity index (χ1v) is 13.5. The van der Waals surface area contributed by atoms with Crippen LogP contribution in [0.2, 0.25) is 0 Å². The number of aryl methyl sites for hydroxylation is 1. The lowest BCUT2D eigenvalue weighted by Gasteiger charge is -2.52. The van der Waals surface area contributed by atoms with E-state index in [1.165, 1.54) is 0 Å². The van der Waals surface area contributed by atoms with Crippen molar-refractivity contribution in [1.82, 2.24) is 24.9 Å². The highest BCUT2D eigenvalue weighted by molar-refractivity contribution is 5.92. The Morgan fingerprint density at radius 3 is 2.35 bits per heavy atom. The van der Waals surface area contributed by atoms with Crippen molar-refractivity contribution in [2.45, 2.75) is 64.2 Å². The van der Waals surface area contributed by atoms with Crippen LogP contribution in [0.25, 0.3) is 39.1 Å². The zero-order valence-electron chi connectivity index (χ0n) is 23.4. The molecule has 1 aliphatic rings. The third-order valence-corrected chi connectivity index (χ3v) is 7.40. The second-order valence-corrected chi connectivity index (χ2v) is 12.1. The van der Waals surface area contributed by atoms with E-state index in [9.17, 15) is 9.90 Å². The van der Waals surface area contributed by atoms with Crippen molar-refractivity contribution in [3.63, 3.8) is 0 Å². The molecule has 1 amide bonds. The molecule has 0 aliphatic heterocycles. The van der Waals surface area contributed by atoms with Crippen LogP contribution in [0, 0.1) is 6.92 Å². The highest BCUT2D eigenvalue weighted by Crippen LogP contribution is 2.48. The number of rotatable bonds is 4. The number of nitrogens with one attached hydrogen (secondary N) is 1. The van der Waals surface area contributed by atoms with Crippen LogP contribution in [0.3, 0.4) is 0 Å². The summed E-state index contributed by atoms with van der Waals surface area (Å²) in [5.41, 5.74) is 4.88. The molecule has 2 aromatic carbocycles. The second-order valence-electron chi connectivity index (χ2n) is 12.1. The summed E-state index contributed by atoms with van der Waals surface area (Å²) in [5.74, 6) is 0. The van der Waals surface area contributed by atoms with E-state index < -0.39 is 22.8 Å². The summed E-state index contributed by atoms with van der Waals surface area (Å²) < 4.78 is 7.31. The molecule has 0 bridgehead atoms. The molecule has 6 rings (SSSR count). The Kier molecular flexibility index (Phi) is 5.92. The van der Waals surface area contributed by atoms with Gasteiger partial charge in [0.1, 0.15) is 5.60 Å². The number of carbonyl (C=O) groups excluding carboxylic acids is 1. The number of carbonyl (C=O) groups is 1. The molecular formula is C32H33N5O3. The fourth-order valence-electron chi connectivity index (χ4n) is 5.82. The maximum absolute atomic E-state index is 12.7. The average Bonchev–Trinajstić information content (AvgIpc) is 3.35. The fourth-order valence-corrected chi connectivity index (χ4v) is 5.82. The van der Waals surface area contributed by atoms with Crippen molar-refractivity contribution < 1.29 is 14.6 Å². The van der Waals surface area contributed by atoms with Crippen molar-refractivity contribution in [1.29, 1.82) is 0 Å². The Labute approximate surface area is 233 Å². The standard InChI is InChI=1S/C32H33N5O3/c1-20-24-17-25(21-9-7-6-8-10-21)27(35-28(24)37-26(34-20)15-16-33-37)22-11-13-23(14-12-22)32(18-31(5,39)19-32)36-29(38)40-30(2,3)4/h6-17,39H,18-19H2,1-5H3,(H,36,38)/t31-,32-. The molecule has 8 heteroatoms. The first kappa shape index (κ1) is 26.0. The molecule has 1 aliphatic carbocycles. The quantitative estimate of drug-likeness (QED) is 0.285. The topological polar surface area (TPSA) is 102 Å². The van der Waals surface area contributed by atoms with Crippen LogP contribution in [-0.2, 0) is 10.3 Å². The van der Waals surface area contributed by atoms with Crippen molar-refractivity contribution in [2.75, 3.05) is 0 Å². The van der Waals surface area contributed by atoms with Gasteiger partial charge < -0.3 is 15.2 Å². The summed E-state index contributed by atoms with van der Waals surface area (Å²) in [6.45, 7) is 9.28. The van der Waals surface area contributed by atoms with Crippen LogP contribution < -0.4 is 5.32 Å². The molecule has 5 aromatic rings. The van der Waals surface area contributed by atoms with Crippen LogP contribution in [0.4, 0.5) is 4.79 Å². The van der Waals surface area contributed by atoms with Crippen molar-refractivity contribution in [3.8, 4) is 22.4 Å². The lowest BCUT2D eigenvalue weighted by Crippen LogP contribution is -2.62. The molecular weight excluding hydrogens is 502 g/mol. The number of ether oxygens (including phenoxy) is 1. The summed E-state index contributed by atoms with van der Waals surface area (Å²) in [5, 5.41) is 19.1. The van der Waals surface area contributed by atoms with Gasteiger partial charge in [0.2, 0.25) is 0 Å². The molecule has 0 saturated heterocycles. The zero-order chi connectivity index (χ0) is 28.3. The summed E-state index contributed by atoms with van der Waals surface area (Å²) in [7, 11) is 0. The van der Waals surface area contributed by atoms with Gasteiger partial charge in [-0.2, -0.15) is 9.61 Å². The average molecular weight is 536 g/mol. The molecule has 1 saturated carbocycles. The van der Waals surface area contributed by atoms with Gasteiger partial charge in [-0.25, -0.2) is 14.8 Å². The molecule has 3 aromatic heterocycles. The minimum absolute atomic E-state index is 0.394. The van der Waals surface area contributed by atoms with Crippen LogP contribution in [0.1, 0.15) is 51.8 Å². The van der Waals surface area contributed by atoms with Crippen LogP contribution >= 0.6 is 0 Å². The maximum atomic E-state index is 12.7. The predicted octanol–water partition coefficient (Wildman–Crippen LogP) is 6.18. The molecule has 2 N–H and O–H groups in total. The first-order chi connectivity index (χ1) is 18.9. The Morgan fingerprint density at radius 2 is 1.70 bits per heavy atom. The summed E-state index contributed by atoms with van der Waals surface area (Å²) >= 11 is 0. The van der Waals surface area contributed by atoms with Gasteiger partial charge in [-0.15, -0.1) is 0 Å². The van der Waals surface area contributed by atoms with Gasteiger partial charge in [0.15, 0.2) is 11.3 Å². The van der Waals surface area contributed by atoms with E-state index in [1.54, 1.807) is 17.6 Å². The summed E-state index contributed by atoms with van der Waals surface area (Å²) in [6.07, 6.45) is 2.02. The Bertz CT molecular complexity index is 1730. The number of nitrogens with zero attached hydrogens (tertiary/aromatic N) is 4. The van der Waals surface area contributed by atoms with Crippen molar-refractivity contribution in [2.24, 2.45) is 0 Å². The van der Waals surface area contributed by atoms with E-state index in [2.05, 4.69) is 28.6 Å². The zero-order valence-corrected chi connectivity index (χ0v) is 23.4. The molecule has 8 nitrogen and oxygen atoms in total. The number of pyridine rings is 1. The third kappa shape index (κ3) is 4.69. The van der Waals surface area contributed by atoms with Gasteiger partial charge in [0.05, 0.1) is 28.7 Å². The molecule has 0 spiro atoms. The summed E-state index contributed by atoms with van der Waals surface area (Å²) in [4.78, 5) is 22.6. The monoisotopic (exact) mass is 535 g/mol. The number of aliphatic hydroxyl groups is 1. The lowest BCUT2D eigenvalue weighted by atomic mass is 9.62. The normalized spacial score (nSPS) is 20.9. The molecule has 0 atom stereocenters. The third-order valence-electron chi connectivity index (χ3n) is 7.40. The van der Waals surface area contributed by atoms with E-state index in [-0.39, 0.29) is 0 Å². The second kappa shape index (κ2) is 9.13. The lowest BCUT2D eigenvalue weighted by molar-refractivity contribution is -0.0892. The molecule has 1 fully saturated rings. The summed E-state index contributed by atoms with van der Waals surface area (Å²) in [6, 6.07) is 22.2. The van der Waals surface area contributed by atoms with Gasteiger partial charge in [-0.05, 0) is 51.8 Å². The van der Waals surface area contributed by atoms with Gasteiger partial charge in [-0.1, -0.05) is 54.6 Å². The van der Waals surface area contributed by atoms with E-state index >= 15 is 0 Å². The Hall–Kier alpha value is -4.30. The van der Waals surface area contributed by atoms with Crippen LogP contribution in [0.5, 0.6) is 0 Å². The van der Waals surface area contributed by atoms with E-state index in [0.717, 1.165) is 50.3 Å². The number of hydrogen-bond acceptors (Lipinski definition) is 6. The number of benzene rings is 2. The van der Waals surface area contributed by atoms with E-state index in [1.807, 2.05) is 76.2 Å². The van der Waals surface area contributed by atoms with Crippen LogP contribution in [-0.4, -0.2) is 42.0 Å². The smallest absolute Gasteiger partial charge is 0.408 e. The predicted molar refractivity (Wildman–Crippen MR) is 155 cm³/mol. The van der Waals surface area contributed by atoms with Crippen molar-refractivity contribution >= 4 is 22.8 Å². The number of alkyl carbamates (subject to hydrolysis) is 1. The SMILES string of the molecule is Cc1nc2ccnn2c2nc(-c3ccc([C@]4(NC(=O)OC(C)(C)C)C[C@](C)(O)C4)cc3)c(-c3ccccc3)cc12. The van der Waals surface area contributed by atoms with E-state index in [4.69, 9.17) is 14.7 Å². The Morgan fingerprint density at radius 1 is 1.00 bits per heavy atom. The maximum Gasteiger partial charge on any atom is 0.408 e. The molecule has 204 valence electrons. The highest BCUT2D eigenvalue weighted by Gasteiger charge is 2.53. The van der Waals surface area contributed by atoms with Gasteiger partial charge in [0, 0.05) is 35.4 Å². The van der Waals surface area contributed by atoms with Crippen LogP contribution in [0.15, 0.2) is 72.9 Å². The first-order valence-electron chi connectivity index (χ1n) is 13.5. The number of amides is 1. The van der Waals surface area contributed by atoms with E-state index in [0.29, 0.717) is 12.8 Å². The number of aromatic nitrogens is 4. The van der Waals surface area contributed by atoms with Gasteiger partial charge >= 0.3 is 6.09 Å². The largest absolute Gasteiger partial charge is 0.444 e. The van der Waals surface area contributed by atoms with Gasteiger partial charge in [-0.3, -0.25) is 0 Å². The molecule has 0 unspecified atom stereocenters. The Balaban J connectivity index is 1.45. The molecule has 3 heterocycles. The molecule has 40 heavy (non-hydrogen) atoms. The van der Waals surface area contributed by atoms with Crippen molar-refractivity contribution in [3.05, 3.63) is 84.2 Å². The highest BCUT2D eigenvalue weighted by atomic mass is 16.6. The molecule has 0 radical (unpaired) electrons. The number of fused-ring (bicyclic) bond motifs is 3. The minimum atomic E-state index is -0.866. The van der Waals surface area contributed by atoms with Gasteiger partial charge in [0.25, 0.3) is 0 Å².